The van der Waals surface area contributed by atoms with Crippen LogP contribution < -0.4 is 10.1 Å². The molecule has 0 saturated carbocycles. The standard InChI is InChI=1S/C23H24BN4O2/c1-30-20-11-9-19(10-12-20)25-22-14-21(17-6-3-2-4-7-17)26-23(27-22)18-8-5-13-28(15-18)24-16-29/h2-4,6-7,9-12,14,16,18H,5,8,13,15H2,1H3,(H,25,26,27). The molecule has 1 aliphatic heterocycles. The van der Waals surface area contributed by atoms with Gasteiger partial charge < -0.3 is 19.7 Å². The van der Waals surface area contributed by atoms with Gasteiger partial charge in [-0.25, -0.2) is 9.97 Å². The van der Waals surface area contributed by atoms with Gasteiger partial charge in [-0.3, -0.25) is 0 Å². The number of aromatic nitrogens is 2. The van der Waals surface area contributed by atoms with E-state index in [1.54, 1.807) is 14.5 Å². The smallest absolute Gasteiger partial charge is 0.293 e. The van der Waals surface area contributed by atoms with Crippen molar-refractivity contribution in [2.75, 3.05) is 25.5 Å². The third kappa shape index (κ3) is 4.86. The molecule has 0 spiro atoms. The van der Waals surface area contributed by atoms with Crippen molar-refractivity contribution in [3.63, 3.8) is 0 Å². The maximum atomic E-state index is 10.9. The molecule has 4 rings (SSSR count). The van der Waals surface area contributed by atoms with Gasteiger partial charge in [0.1, 0.15) is 17.4 Å². The summed E-state index contributed by atoms with van der Waals surface area (Å²) in [7, 11) is 3.27. The second kappa shape index (κ2) is 9.54. The number of benzene rings is 2. The zero-order valence-electron chi connectivity index (χ0n) is 17.0. The molecule has 2 heterocycles. The highest BCUT2D eigenvalue weighted by atomic mass is 16.5. The fraction of sp³-hybridized carbons (Fsp3) is 0.261. The minimum Gasteiger partial charge on any atom is -0.497 e. The Kier molecular flexibility index (Phi) is 6.39. The van der Waals surface area contributed by atoms with Gasteiger partial charge in [0, 0.05) is 23.2 Å². The van der Waals surface area contributed by atoms with Crippen LogP contribution in [-0.4, -0.2) is 48.6 Å². The fourth-order valence-corrected chi connectivity index (χ4v) is 3.73. The Morgan fingerprint density at radius 2 is 1.93 bits per heavy atom. The van der Waals surface area contributed by atoms with Crippen LogP contribution in [0.15, 0.2) is 60.7 Å². The number of hydrogen-bond acceptors (Lipinski definition) is 6. The van der Waals surface area contributed by atoms with E-state index in [4.69, 9.17) is 14.7 Å². The molecular formula is C23H24BN4O2. The summed E-state index contributed by atoms with van der Waals surface area (Å²) in [6, 6.07) is 19.8. The Morgan fingerprint density at radius 1 is 1.13 bits per heavy atom. The molecule has 6 nitrogen and oxygen atoms in total. The second-order valence-corrected chi connectivity index (χ2v) is 7.34. The summed E-state index contributed by atoms with van der Waals surface area (Å²) in [6.07, 6.45) is 2.86. The third-order valence-corrected chi connectivity index (χ3v) is 5.27. The van der Waals surface area contributed by atoms with E-state index in [1.165, 1.54) is 0 Å². The highest BCUT2D eigenvalue weighted by molar-refractivity contribution is 6.64. The Labute approximate surface area is 177 Å². The SMILES string of the molecule is COc1ccc(Nc2cc(-c3ccccc3)nc(C3CCCN([B]C=O)C3)n2)cc1. The molecule has 1 radical (unpaired) electrons. The molecule has 1 atom stereocenters. The lowest BCUT2D eigenvalue weighted by molar-refractivity contribution is 0.320. The van der Waals surface area contributed by atoms with Crippen LogP contribution in [0.25, 0.3) is 11.3 Å². The van der Waals surface area contributed by atoms with Gasteiger partial charge in [-0.2, -0.15) is 0 Å². The van der Waals surface area contributed by atoms with E-state index in [9.17, 15) is 4.79 Å². The van der Waals surface area contributed by atoms with Crippen LogP contribution in [0.4, 0.5) is 11.5 Å². The zero-order valence-corrected chi connectivity index (χ0v) is 17.0. The summed E-state index contributed by atoms with van der Waals surface area (Å²) in [4.78, 5) is 22.7. The number of nitrogens with zero attached hydrogens (tertiary/aromatic N) is 3. The van der Waals surface area contributed by atoms with Crippen LogP contribution in [0.5, 0.6) is 5.75 Å². The van der Waals surface area contributed by atoms with Crippen LogP contribution in [0.2, 0.25) is 0 Å². The van der Waals surface area contributed by atoms with E-state index < -0.39 is 0 Å². The second-order valence-electron chi connectivity index (χ2n) is 7.34. The van der Waals surface area contributed by atoms with E-state index in [0.29, 0.717) is 0 Å². The molecule has 30 heavy (non-hydrogen) atoms. The van der Waals surface area contributed by atoms with Gasteiger partial charge in [0.25, 0.3) is 7.41 Å². The van der Waals surface area contributed by atoms with Crippen molar-refractivity contribution in [3.05, 3.63) is 66.5 Å². The van der Waals surface area contributed by atoms with E-state index in [-0.39, 0.29) is 5.92 Å². The number of hydrogen-bond donors (Lipinski definition) is 1. The van der Waals surface area contributed by atoms with Gasteiger partial charge in [0.15, 0.2) is 0 Å². The summed E-state index contributed by atoms with van der Waals surface area (Å²) < 4.78 is 5.24. The lowest BCUT2D eigenvalue weighted by Gasteiger charge is -2.30. The monoisotopic (exact) mass is 399 g/mol. The lowest BCUT2D eigenvalue weighted by Crippen LogP contribution is -2.38. The van der Waals surface area contributed by atoms with Crippen molar-refractivity contribution < 1.29 is 9.53 Å². The number of piperidine rings is 1. The normalized spacial score (nSPS) is 16.6. The molecule has 1 fully saturated rings. The number of nitrogens with one attached hydrogen (secondary N) is 1. The Morgan fingerprint density at radius 3 is 2.67 bits per heavy atom. The van der Waals surface area contributed by atoms with E-state index in [1.807, 2.05) is 48.5 Å². The van der Waals surface area contributed by atoms with E-state index >= 15 is 0 Å². The molecule has 1 N–H and O–H groups in total. The summed E-state index contributed by atoms with van der Waals surface area (Å²) >= 11 is 0. The molecule has 0 aliphatic carbocycles. The van der Waals surface area contributed by atoms with Crippen LogP contribution in [0, 0.1) is 0 Å². The molecule has 0 amide bonds. The first-order chi connectivity index (χ1) is 14.7. The van der Waals surface area contributed by atoms with Crippen molar-refractivity contribution >= 4 is 25.1 Å². The largest absolute Gasteiger partial charge is 0.497 e. The molecule has 1 aromatic heterocycles. The van der Waals surface area contributed by atoms with Gasteiger partial charge in [-0.05, 0) is 50.2 Å². The minimum absolute atomic E-state index is 0.176. The molecule has 1 unspecified atom stereocenters. The van der Waals surface area contributed by atoms with Crippen molar-refractivity contribution in [1.29, 1.82) is 0 Å². The maximum absolute atomic E-state index is 10.9. The quantitative estimate of drug-likeness (QED) is 0.480. The van der Waals surface area contributed by atoms with Crippen molar-refractivity contribution in [2.45, 2.75) is 18.8 Å². The third-order valence-electron chi connectivity index (χ3n) is 5.27. The number of anilines is 2. The molecule has 151 valence electrons. The highest BCUT2D eigenvalue weighted by Gasteiger charge is 2.24. The van der Waals surface area contributed by atoms with Gasteiger partial charge in [0.2, 0.25) is 0 Å². The number of carbonyl (C=O) groups excluding carboxylic acids is 1. The Balaban J connectivity index is 1.66. The van der Waals surface area contributed by atoms with Crippen LogP contribution in [0.1, 0.15) is 24.6 Å². The predicted octanol–water partition coefficient (Wildman–Crippen LogP) is 3.88. The molecule has 1 aliphatic rings. The molecule has 7 heteroatoms. The van der Waals surface area contributed by atoms with Gasteiger partial charge in [-0.1, -0.05) is 30.3 Å². The average Bonchev–Trinajstić information content (AvgIpc) is 2.80. The number of rotatable bonds is 7. The summed E-state index contributed by atoms with van der Waals surface area (Å²) in [5, 5.41) is 3.40. The topological polar surface area (TPSA) is 67.3 Å². The number of methoxy groups -OCH3 is 1. The predicted molar refractivity (Wildman–Crippen MR) is 120 cm³/mol. The molecule has 3 aromatic rings. The van der Waals surface area contributed by atoms with Gasteiger partial charge >= 0.3 is 0 Å². The Hall–Kier alpha value is -3.19. The molecular weight excluding hydrogens is 375 g/mol. The summed E-state index contributed by atoms with van der Waals surface area (Å²) in [6.45, 7) is 1.64. The lowest BCUT2D eigenvalue weighted by atomic mass is 9.86. The van der Waals surface area contributed by atoms with Crippen LogP contribution >= 0.6 is 0 Å². The average molecular weight is 399 g/mol. The summed E-state index contributed by atoms with van der Waals surface area (Å²) in [5.41, 5.74) is 2.86. The van der Waals surface area contributed by atoms with Crippen molar-refractivity contribution in [1.82, 2.24) is 14.8 Å². The highest BCUT2D eigenvalue weighted by Crippen LogP contribution is 2.29. The zero-order chi connectivity index (χ0) is 20.8. The van der Waals surface area contributed by atoms with Gasteiger partial charge in [0.05, 0.1) is 19.0 Å². The molecule has 2 aromatic carbocycles. The minimum atomic E-state index is 0.176. The van der Waals surface area contributed by atoms with Crippen molar-refractivity contribution in [2.24, 2.45) is 0 Å². The van der Waals surface area contributed by atoms with Crippen LogP contribution in [0.3, 0.4) is 0 Å². The molecule has 1 saturated heterocycles. The van der Waals surface area contributed by atoms with E-state index in [0.717, 1.165) is 66.5 Å². The summed E-state index contributed by atoms with van der Waals surface area (Å²) in [5.74, 6) is 2.54. The first-order valence-corrected chi connectivity index (χ1v) is 10.1. The van der Waals surface area contributed by atoms with Crippen LogP contribution in [-0.2, 0) is 4.79 Å². The van der Waals surface area contributed by atoms with Crippen molar-refractivity contribution in [3.8, 4) is 17.0 Å². The first-order valence-electron chi connectivity index (χ1n) is 10.1. The number of ether oxygens (including phenoxy) is 1. The Bertz CT molecular complexity index is 982. The first kappa shape index (κ1) is 20.1. The number of carbonyl (C=O) groups is 1. The fourth-order valence-electron chi connectivity index (χ4n) is 3.73. The van der Waals surface area contributed by atoms with Gasteiger partial charge in [-0.15, -0.1) is 0 Å². The maximum Gasteiger partial charge on any atom is 0.293 e. The molecule has 0 bridgehead atoms. The van der Waals surface area contributed by atoms with E-state index in [2.05, 4.69) is 22.3 Å².